The van der Waals surface area contributed by atoms with Gasteiger partial charge in [-0.05, 0) is 57.2 Å². The van der Waals surface area contributed by atoms with Crippen LogP contribution in [0.5, 0.6) is 5.75 Å². The van der Waals surface area contributed by atoms with Gasteiger partial charge in [0.15, 0.2) is 5.82 Å². The minimum Gasteiger partial charge on any atom is -0.485 e. The Morgan fingerprint density at radius 3 is 2.56 bits per heavy atom. The highest BCUT2D eigenvalue weighted by atomic mass is 35.5. The highest BCUT2D eigenvalue weighted by Crippen LogP contribution is 2.44. The second-order valence-electron chi connectivity index (χ2n) is 9.82. The molecule has 4 aromatic heterocycles. The Kier molecular flexibility index (Phi) is 6.86. The number of hydrogen-bond acceptors (Lipinski definition) is 6. The Morgan fingerprint density at radius 2 is 1.87 bits per heavy atom. The van der Waals surface area contributed by atoms with Crippen molar-refractivity contribution >= 4 is 11.6 Å². The van der Waals surface area contributed by atoms with Crippen molar-refractivity contribution in [2.45, 2.75) is 45.8 Å². The zero-order valence-electron chi connectivity index (χ0n) is 21.4. The van der Waals surface area contributed by atoms with Gasteiger partial charge in [-0.3, -0.25) is 23.7 Å². The van der Waals surface area contributed by atoms with E-state index in [9.17, 15) is 23.5 Å². The average molecular weight is 555 g/mol. The summed E-state index contributed by atoms with van der Waals surface area (Å²) in [6, 6.07) is 7.09. The summed E-state index contributed by atoms with van der Waals surface area (Å²) in [7, 11) is 0. The smallest absolute Gasteiger partial charge is 0.277 e. The second kappa shape index (κ2) is 10.0. The van der Waals surface area contributed by atoms with Crippen LogP contribution in [0.25, 0.3) is 11.5 Å². The first kappa shape index (κ1) is 26.7. The highest BCUT2D eigenvalue weighted by Gasteiger charge is 2.43. The molecule has 0 spiro atoms. The maximum atomic E-state index is 14.0. The molecule has 0 radical (unpaired) electrons. The van der Waals surface area contributed by atoms with Crippen LogP contribution in [0.4, 0.5) is 8.78 Å². The van der Waals surface area contributed by atoms with Crippen LogP contribution < -0.4 is 15.9 Å². The van der Waals surface area contributed by atoms with Crippen molar-refractivity contribution in [3.63, 3.8) is 0 Å². The standard InChI is InChI=1S/C28H25ClF2N4O4/c1-15-12-33-24(34-8-4-5-19(26(34)36)28(3,38)17-6-7-17)11-22(15)35-16(2)9-23(25(29)27(35)37)39-14-21-20(31)10-18(30)13-32-21/h4-5,8-13,17,38H,6-7,14H2,1-3H3/t28-/m0/s1. The third-order valence-electron chi connectivity index (χ3n) is 6.96. The van der Waals surface area contributed by atoms with Crippen molar-refractivity contribution in [1.82, 2.24) is 19.1 Å². The van der Waals surface area contributed by atoms with Crippen LogP contribution in [0.3, 0.4) is 0 Å². The Hall–Kier alpha value is -3.89. The van der Waals surface area contributed by atoms with Crippen molar-refractivity contribution in [3.05, 3.63) is 109 Å². The Balaban J connectivity index is 1.52. The maximum absolute atomic E-state index is 14.0. The minimum absolute atomic E-state index is 0.0131. The molecule has 0 amide bonds. The molecule has 1 saturated carbocycles. The van der Waals surface area contributed by atoms with Crippen molar-refractivity contribution in [1.29, 1.82) is 0 Å². The topological polar surface area (TPSA) is 99.2 Å². The largest absolute Gasteiger partial charge is 0.485 e. The summed E-state index contributed by atoms with van der Waals surface area (Å²) in [4.78, 5) is 34.8. The van der Waals surface area contributed by atoms with Crippen molar-refractivity contribution in [2.24, 2.45) is 5.92 Å². The first-order valence-electron chi connectivity index (χ1n) is 12.3. The van der Waals surface area contributed by atoms with Crippen molar-refractivity contribution in [3.8, 4) is 17.3 Å². The summed E-state index contributed by atoms with van der Waals surface area (Å²) in [6.07, 6.45) is 5.66. The molecule has 39 heavy (non-hydrogen) atoms. The molecule has 0 unspecified atom stereocenters. The summed E-state index contributed by atoms with van der Waals surface area (Å²) in [5.74, 6) is -1.40. The van der Waals surface area contributed by atoms with Gasteiger partial charge in [0.1, 0.15) is 34.7 Å². The Morgan fingerprint density at radius 1 is 1.13 bits per heavy atom. The van der Waals surface area contributed by atoms with Crippen LogP contribution in [0.2, 0.25) is 5.02 Å². The molecule has 0 bridgehead atoms. The van der Waals surface area contributed by atoms with Crippen molar-refractivity contribution < 1.29 is 18.6 Å². The normalized spacial score (nSPS) is 14.7. The van der Waals surface area contributed by atoms with Gasteiger partial charge in [-0.1, -0.05) is 11.6 Å². The molecular formula is C28H25ClF2N4O4. The van der Waals surface area contributed by atoms with Gasteiger partial charge in [0.2, 0.25) is 0 Å². The molecule has 4 heterocycles. The molecule has 0 saturated heterocycles. The van der Waals surface area contributed by atoms with Crippen molar-refractivity contribution in [2.75, 3.05) is 0 Å². The van der Waals surface area contributed by atoms with E-state index in [-0.39, 0.29) is 40.4 Å². The number of aromatic nitrogens is 4. The minimum atomic E-state index is -1.25. The van der Waals surface area contributed by atoms with E-state index in [0.29, 0.717) is 23.0 Å². The SMILES string of the molecule is Cc1cnc(-n2cccc([C@@](C)(O)C3CC3)c2=O)cc1-n1c(C)cc(OCc2ncc(F)cc2F)c(Cl)c1=O. The fourth-order valence-corrected chi connectivity index (χ4v) is 4.77. The van der Waals surface area contributed by atoms with E-state index in [2.05, 4.69) is 9.97 Å². The predicted octanol–water partition coefficient (Wildman–Crippen LogP) is 4.52. The van der Waals surface area contributed by atoms with Crippen LogP contribution in [0, 0.1) is 31.4 Å². The second-order valence-corrected chi connectivity index (χ2v) is 10.2. The van der Waals surface area contributed by atoms with Gasteiger partial charge in [-0.25, -0.2) is 13.8 Å². The first-order chi connectivity index (χ1) is 18.5. The summed E-state index contributed by atoms with van der Waals surface area (Å²) in [5.41, 5.74) is -0.587. The molecule has 5 rings (SSSR count). The predicted molar refractivity (Wildman–Crippen MR) is 141 cm³/mol. The van der Waals surface area contributed by atoms with E-state index < -0.39 is 28.4 Å². The lowest BCUT2D eigenvalue weighted by Crippen LogP contribution is -2.34. The van der Waals surface area contributed by atoms with Crippen LogP contribution in [-0.2, 0) is 12.2 Å². The van der Waals surface area contributed by atoms with Gasteiger partial charge in [-0.15, -0.1) is 0 Å². The Bertz CT molecular complexity index is 1710. The Labute approximate surface area is 227 Å². The zero-order chi connectivity index (χ0) is 28.1. The van der Waals surface area contributed by atoms with Crippen LogP contribution >= 0.6 is 11.6 Å². The molecule has 11 heteroatoms. The van der Waals surface area contributed by atoms with E-state index in [1.807, 2.05) is 0 Å². The average Bonchev–Trinajstić information content (AvgIpc) is 3.74. The summed E-state index contributed by atoms with van der Waals surface area (Å²) >= 11 is 6.36. The number of aryl methyl sites for hydroxylation is 2. The maximum Gasteiger partial charge on any atom is 0.277 e. The van der Waals surface area contributed by atoms with Gasteiger partial charge in [0, 0.05) is 41.9 Å². The highest BCUT2D eigenvalue weighted by molar-refractivity contribution is 6.31. The van der Waals surface area contributed by atoms with E-state index in [0.717, 1.165) is 19.0 Å². The molecule has 1 atom stereocenters. The third-order valence-corrected chi connectivity index (χ3v) is 7.31. The fourth-order valence-electron chi connectivity index (χ4n) is 4.58. The zero-order valence-corrected chi connectivity index (χ0v) is 22.2. The summed E-state index contributed by atoms with van der Waals surface area (Å²) in [6.45, 7) is 4.71. The van der Waals surface area contributed by atoms with Gasteiger partial charge in [-0.2, -0.15) is 0 Å². The molecular weight excluding hydrogens is 530 g/mol. The van der Waals surface area contributed by atoms with Crippen LogP contribution in [-0.4, -0.2) is 24.2 Å². The molecule has 0 aliphatic heterocycles. The van der Waals surface area contributed by atoms with Gasteiger partial charge >= 0.3 is 0 Å². The van der Waals surface area contributed by atoms with E-state index >= 15 is 0 Å². The number of nitrogens with zero attached hydrogens (tertiary/aromatic N) is 4. The number of pyridine rings is 4. The molecule has 4 aromatic rings. The van der Waals surface area contributed by atoms with Gasteiger partial charge < -0.3 is 9.84 Å². The van der Waals surface area contributed by atoms with E-state index in [1.165, 1.54) is 21.4 Å². The van der Waals surface area contributed by atoms with E-state index in [4.69, 9.17) is 16.3 Å². The molecule has 202 valence electrons. The molecule has 1 fully saturated rings. The molecule has 1 aliphatic rings. The lowest BCUT2D eigenvalue weighted by Gasteiger charge is -2.23. The first-order valence-corrected chi connectivity index (χ1v) is 12.6. The third kappa shape index (κ3) is 4.97. The molecule has 0 aromatic carbocycles. The lowest BCUT2D eigenvalue weighted by atomic mass is 9.92. The fraction of sp³-hybridized carbons (Fsp3) is 0.286. The van der Waals surface area contributed by atoms with E-state index in [1.54, 1.807) is 45.2 Å². The number of aliphatic hydroxyl groups is 1. The van der Waals surface area contributed by atoms with Gasteiger partial charge in [0.05, 0.1) is 17.5 Å². The number of rotatable bonds is 7. The number of hydrogen-bond donors (Lipinski definition) is 1. The summed E-state index contributed by atoms with van der Waals surface area (Å²) in [5, 5.41) is 10.7. The lowest BCUT2D eigenvalue weighted by molar-refractivity contribution is 0.0314. The molecule has 1 aliphatic carbocycles. The quantitative estimate of drug-likeness (QED) is 0.360. The van der Waals surface area contributed by atoms with Gasteiger partial charge in [0.25, 0.3) is 11.1 Å². The number of halogens is 3. The monoisotopic (exact) mass is 554 g/mol. The van der Waals surface area contributed by atoms with Crippen LogP contribution in [0.1, 0.15) is 42.3 Å². The molecule has 8 nitrogen and oxygen atoms in total. The summed E-state index contributed by atoms with van der Waals surface area (Å²) < 4.78 is 35.3. The van der Waals surface area contributed by atoms with Crippen LogP contribution in [0.15, 0.2) is 58.5 Å². The number of ether oxygens (including phenoxy) is 1. The molecule has 1 N–H and O–H groups in total.